The van der Waals surface area contributed by atoms with Gasteiger partial charge in [-0.15, -0.1) is 0 Å². The summed E-state index contributed by atoms with van der Waals surface area (Å²) < 4.78 is 41.2. The predicted molar refractivity (Wildman–Crippen MR) is 129 cm³/mol. The van der Waals surface area contributed by atoms with Crippen LogP contribution in [0.25, 0.3) is 0 Å². The maximum Gasteiger partial charge on any atom is 0.272 e. The van der Waals surface area contributed by atoms with Crippen molar-refractivity contribution >= 4 is 21.6 Å². The van der Waals surface area contributed by atoms with E-state index in [1.165, 1.54) is 17.9 Å². The molecule has 13 heteroatoms. The summed E-state index contributed by atoms with van der Waals surface area (Å²) in [6, 6.07) is 2.92. The third kappa shape index (κ3) is 6.77. The monoisotopic (exact) mass is 511 g/mol. The highest BCUT2D eigenvalue weighted by Gasteiger charge is 2.30. The van der Waals surface area contributed by atoms with Crippen LogP contribution >= 0.6 is 0 Å². The number of rotatable bonds is 11. The highest BCUT2D eigenvalue weighted by molar-refractivity contribution is 7.89. The molecule has 0 spiro atoms. The topological polar surface area (TPSA) is 155 Å². The third-order valence-corrected chi connectivity index (χ3v) is 6.72. The Morgan fingerprint density at radius 1 is 1.31 bits per heavy atom. The summed E-state index contributed by atoms with van der Waals surface area (Å²) in [5.74, 6) is -0.433. The number of methoxy groups -OCH3 is 1. The number of benzene rings is 1. The van der Waals surface area contributed by atoms with E-state index in [-0.39, 0.29) is 28.8 Å². The second-order valence-corrected chi connectivity index (χ2v) is 10.7. The number of non-ortho nitro benzene ring substituents is 1. The third-order valence-electron chi connectivity index (χ3n) is 5.11. The number of hydrogen-bond donors (Lipinski definition) is 2. The van der Waals surface area contributed by atoms with Gasteiger partial charge in [0.15, 0.2) is 5.69 Å². The molecular formula is C22H33N5O7S. The average Bonchev–Trinajstić information content (AvgIpc) is 3.10. The minimum absolute atomic E-state index is 0.107. The number of nitro groups is 1. The first-order valence-corrected chi connectivity index (χ1v) is 12.6. The average molecular weight is 512 g/mol. The van der Waals surface area contributed by atoms with Crippen molar-refractivity contribution in [2.45, 2.75) is 64.4 Å². The van der Waals surface area contributed by atoms with Gasteiger partial charge in [-0.25, -0.2) is 17.8 Å². The molecule has 0 saturated carbocycles. The smallest absolute Gasteiger partial charge is 0.272 e. The van der Waals surface area contributed by atoms with Crippen molar-refractivity contribution in [2.75, 3.05) is 20.3 Å². The molecule has 1 aromatic heterocycles. The van der Waals surface area contributed by atoms with E-state index in [9.17, 15) is 23.3 Å². The maximum absolute atomic E-state index is 13.1. The largest absolute Gasteiger partial charge is 0.438 e. The summed E-state index contributed by atoms with van der Waals surface area (Å²) in [6.45, 7) is 11.3. The van der Waals surface area contributed by atoms with E-state index >= 15 is 0 Å². The molecule has 0 aliphatic rings. The molecule has 0 aliphatic heterocycles. The molecular weight excluding hydrogens is 478 g/mol. The molecule has 0 aliphatic carbocycles. The molecule has 2 aromatic rings. The van der Waals surface area contributed by atoms with Gasteiger partial charge in [-0.2, -0.15) is 5.10 Å². The van der Waals surface area contributed by atoms with Gasteiger partial charge in [0.25, 0.3) is 11.6 Å². The van der Waals surface area contributed by atoms with E-state index < -0.39 is 38.1 Å². The molecule has 194 valence electrons. The molecule has 0 bridgehead atoms. The van der Waals surface area contributed by atoms with Crippen molar-refractivity contribution < 1.29 is 27.6 Å². The van der Waals surface area contributed by atoms with Crippen LogP contribution in [-0.2, 0) is 20.3 Å². The first-order chi connectivity index (χ1) is 16.2. The van der Waals surface area contributed by atoms with Gasteiger partial charge >= 0.3 is 0 Å². The summed E-state index contributed by atoms with van der Waals surface area (Å²) in [5.41, 5.74) is -0.553. The number of ether oxygens (including phenoxy) is 2. The minimum atomic E-state index is -4.17. The quantitative estimate of drug-likeness (QED) is 0.265. The molecule has 0 saturated heterocycles. The lowest BCUT2D eigenvalue weighted by atomic mass is 10.1. The van der Waals surface area contributed by atoms with E-state index in [4.69, 9.17) is 9.47 Å². The standard InChI is InChI=1S/C22H33N5O7S/c1-8-14(2)25-35(31,32)18-13-16(27(29)30)9-10-17(18)34-21-15(3)19(20(28)23-11-12-33-7)24-26(21)22(4,5)6/h9-10,13-14,25H,8,11-12H2,1-7H3,(H,23,28)/t14-/m0/s1. The molecule has 1 aromatic carbocycles. The van der Waals surface area contributed by atoms with Gasteiger partial charge in [0.2, 0.25) is 15.9 Å². The minimum Gasteiger partial charge on any atom is -0.438 e. The Morgan fingerprint density at radius 3 is 2.51 bits per heavy atom. The Hall–Kier alpha value is -3.03. The van der Waals surface area contributed by atoms with Crippen molar-refractivity contribution in [1.29, 1.82) is 0 Å². The molecule has 2 rings (SSSR count). The maximum atomic E-state index is 13.1. The Bertz CT molecular complexity index is 1190. The summed E-state index contributed by atoms with van der Waals surface area (Å²) in [7, 11) is -2.65. The number of hydrogen-bond acceptors (Lipinski definition) is 8. The lowest BCUT2D eigenvalue weighted by Crippen LogP contribution is -2.32. The summed E-state index contributed by atoms with van der Waals surface area (Å²) in [5, 5.41) is 18.5. The number of aromatic nitrogens is 2. The van der Waals surface area contributed by atoms with Crippen LogP contribution in [0.2, 0.25) is 0 Å². The van der Waals surface area contributed by atoms with Crippen molar-refractivity contribution in [1.82, 2.24) is 19.8 Å². The van der Waals surface area contributed by atoms with E-state index in [1.807, 2.05) is 27.7 Å². The molecule has 1 atom stereocenters. The number of carbonyl (C=O) groups excluding carboxylic acids is 1. The van der Waals surface area contributed by atoms with Crippen LogP contribution in [0.5, 0.6) is 11.6 Å². The molecule has 0 radical (unpaired) electrons. The van der Waals surface area contributed by atoms with Gasteiger partial charge in [0.1, 0.15) is 10.6 Å². The zero-order chi connectivity index (χ0) is 26.6. The molecule has 1 amide bonds. The van der Waals surface area contributed by atoms with Gasteiger partial charge in [-0.3, -0.25) is 14.9 Å². The van der Waals surface area contributed by atoms with Crippen LogP contribution in [0.1, 0.15) is 57.1 Å². The Kier molecular flexibility index (Phi) is 8.98. The summed E-state index contributed by atoms with van der Waals surface area (Å²) in [4.78, 5) is 23.0. The number of carbonyl (C=O) groups is 1. The fourth-order valence-electron chi connectivity index (χ4n) is 3.04. The van der Waals surface area contributed by atoms with Crippen molar-refractivity contribution in [3.63, 3.8) is 0 Å². The summed E-state index contributed by atoms with van der Waals surface area (Å²) in [6.07, 6.45) is 0.516. The predicted octanol–water partition coefficient (Wildman–Crippen LogP) is 3.10. The molecule has 0 unspecified atom stereocenters. The molecule has 0 fully saturated rings. The van der Waals surface area contributed by atoms with E-state index in [1.54, 1.807) is 13.8 Å². The van der Waals surface area contributed by atoms with Crippen LogP contribution < -0.4 is 14.8 Å². The van der Waals surface area contributed by atoms with Gasteiger partial charge in [-0.1, -0.05) is 6.92 Å². The second-order valence-electron chi connectivity index (χ2n) is 9.03. The first-order valence-electron chi connectivity index (χ1n) is 11.1. The van der Waals surface area contributed by atoms with Gasteiger partial charge < -0.3 is 14.8 Å². The fraction of sp³-hybridized carbons (Fsp3) is 0.545. The molecule has 35 heavy (non-hydrogen) atoms. The zero-order valence-corrected chi connectivity index (χ0v) is 21.9. The molecule has 1 heterocycles. The van der Waals surface area contributed by atoms with E-state index in [0.717, 1.165) is 12.1 Å². The van der Waals surface area contributed by atoms with Crippen molar-refractivity contribution in [3.05, 3.63) is 39.6 Å². The van der Waals surface area contributed by atoms with E-state index in [2.05, 4.69) is 15.1 Å². The van der Waals surface area contributed by atoms with Crippen molar-refractivity contribution in [2.24, 2.45) is 0 Å². The van der Waals surface area contributed by atoms with Crippen LogP contribution in [0.3, 0.4) is 0 Å². The van der Waals surface area contributed by atoms with Crippen LogP contribution in [-0.4, -0.2) is 55.3 Å². The number of nitro benzene ring substituents is 1. The van der Waals surface area contributed by atoms with E-state index in [0.29, 0.717) is 18.6 Å². The van der Waals surface area contributed by atoms with Gasteiger partial charge in [-0.05, 0) is 47.1 Å². The normalized spacial score (nSPS) is 12.9. The van der Waals surface area contributed by atoms with Crippen LogP contribution in [0.15, 0.2) is 23.1 Å². The number of nitrogens with one attached hydrogen (secondary N) is 2. The lowest BCUT2D eigenvalue weighted by Gasteiger charge is -2.23. The Balaban J connectivity index is 2.63. The Labute approximate surface area is 205 Å². The number of amides is 1. The fourth-order valence-corrected chi connectivity index (χ4v) is 4.52. The number of nitrogens with zero attached hydrogens (tertiary/aromatic N) is 3. The van der Waals surface area contributed by atoms with Gasteiger partial charge in [0.05, 0.1) is 17.1 Å². The molecule has 2 N–H and O–H groups in total. The first kappa shape index (κ1) is 28.2. The van der Waals surface area contributed by atoms with Crippen LogP contribution in [0, 0.1) is 17.0 Å². The van der Waals surface area contributed by atoms with Gasteiger partial charge in [0, 0.05) is 37.4 Å². The SMILES string of the molecule is CC[C@H](C)NS(=O)(=O)c1cc([N+](=O)[O-])ccc1Oc1c(C)c(C(=O)NCCOC)nn1C(C)(C)C. The van der Waals surface area contributed by atoms with Crippen LogP contribution in [0.4, 0.5) is 5.69 Å². The lowest BCUT2D eigenvalue weighted by molar-refractivity contribution is -0.385. The van der Waals surface area contributed by atoms with Crippen molar-refractivity contribution in [3.8, 4) is 11.6 Å². The Morgan fingerprint density at radius 2 is 1.97 bits per heavy atom. The highest BCUT2D eigenvalue weighted by atomic mass is 32.2. The second kappa shape index (κ2) is 11.1. The molecule has 12 nitrogen and oxygen atoms in total. The zero-order valence-electron chi connectivity index (χ0n) is 21.0. The number of sulfonamides is 1. The highest BCUT2D eigenvalue weighted by Crippen LogP contribution is 2.36. The summed E-state index contributed by atoms with van der Waals surface area (Å²) >= 11 is 0.